The number of carbonyl (C=O) groups is 2. The molecule has 0 spiro atoms. The van der Waals surface area contributed by atoms with Gasteiger partial charge in [-0.3, -0.25) is 9.59 Å². The van der Waals surface area contributed by atoms with Gasteiger partial charge >= 0.3 is 11.8 Å². The van der Waals surface area contributed by atoms with Crippen molar-refractivity contribution in [3.63, 3.8) is 0 Å². The van der Waals surface area contributed by atoms with Crippen LogP contribution in [0.4, 0.5) is 0 Å². The highest BCUT2D eigenvalue weighted by molar-refractivity contribution is 9.10. The molecule has 1 aromatic heterocycles. The van der Waals surface area contributed by atoms with Gasteiger partial charge in [0.1, 0.15) is 12.4 Å². The van der Waals surface area contributed by atoms with Crippen molar-refractivity contribution in [2.75, 3.05) is 7.11 Å². The quantitative estimate of drug-likeness (QED) is 0.289. The van der Waals surface area contributed by atoms with Crippen molar-refractivity contribution in [1.82, 2.24) is 10.7 Å². The molecule has 0 fully saturated rings. The van der Waals surface area contributed by atoms with Crippen LogP contribution in [0.15, 0.2) is 74.9 Å². The largest absolute Gasteiger partial charge is 0.493 e. The Kier molecular flexibility index (Phi) is 7.83. The van der Waals surface area contributed by atoms with E-state index in [1.165, 1.54) is 19.6 Å². The van der Waals surface area contributed by atoms with Gasteiger partial charge in [-0.1, -0.05) is 28.1 Å². The van der Waals surface area contributed by atoms with Crippen molar-refractivity contribution < 1.29 is 23.5 Å². The monoisotopic (exact) mass is 485 g/mol. The zero-order chi connectivity index (χ0) is 22.1. The van der Waals surface area contributed by atoms with Crippen LogP contribution in [0.3, 0.4) is 0 Å². The predicted octanol–water partition coefficient (Wildman–Crippen LogP) is 3.40. The molecule has 160 valence electrons. The fourth-order valence-electron chi connectivity index (χ4n) is 2.50. The van der Waals surface area contributed by atoms with E-state index in [4.69, 9.17) is 13.9 Å². The van der Waals surface area contributed by atoms with Crippen molar-refractivity contribution >= 4 is 34.0 Å². The highest BCUT2D eigenvalue weighted by Crippen LogP contribution is 2.28. The summed E-state index contributed by atoms with van der Waals surface area (Å²) in [5, 5.41) is 6.24. The van der Waals surface area contributed by atoms with Gasteiger partial charge in [-0.15, -0.1) is 0 Å². The van der Waals surface area contributed by atoms with Crippen LogP contribution in [0.25, 0.3) is 0 Å². The van der Waals surface area contributed by atoms with Crippen molar-refractivity contribution in [2.24, 2.45) is 5.10 Å². The molecule has 1 heterocycles. The van der Waals surface area contributed by atoms with Gasteiger partial charge in [-0.25, -0.2) is 5.43 Å². The Labute approximate surface area is 187 Å². The number of hydrazone groups is 1. The molecule has 2 amide bonds. The maximum absolute atomic E-state index is 11.8. The fourth-order valence-corrected chi connectivity index (χ4v) is 2.77. The molecule has 0 radical (unpaired) electrons. The number of ether oxygens (including phenoxy) is 2. The molecule has 0 aliphatic heterocycles. The first-order valence-electron chi connectivity index (χ1n) is 9.24. The van der Waals surface area contributed by atoms with Gasteiger partial charge in [0.25, 0.3) is 0 Å². The first-order valence-corrected chi connectivity index (χ1v) is 10.0. The van der Waals surface area contributed by atoms with Gasteiger partial charge < -0.3 is 19.2 Å². The van der Waals surface area contributed by atoms with Crippen LogP contribution >= 0.6 is 15.9 Å². The first-order chi connectivity index (χ1) is 15.0. The summed E-state index contributed by atoms with van der Waals surface area (Å²) < 4.78 is 17.3. The van der Waals surface area contributed by atoms with Gasteiger partial charge in [-0.2, -0.15) is 5.10 Å². The zero-order valence-electron chi connectivity index (χ0n) is 16.6. The summed E-state index contributed by atoms with van der Waals surface area (Å²) in [4.78, 5) is 23.6. The molecule has 3 rings (SSSR count). The highest BCUT2D eigenvalue weighted by Gasteiger charge is 2.12. The SMILES string of the molecule is COc1cc(/C=N\NC(=O)C(=O)NCc2ccco2)ccc1OCc1ccc(Br)cc1. The topological polar surface area (TPSA) is 102 Å². The van der Waals surface area contributed by atoms with Crippen molar-refractivity contribution in [3.05, 3.63) is 82.2 Å². The van der Waals surface area contributed by atoms with Crippen LogP contribution in [0, 0.1) is 0 Å². The summed E-state index contributed by atoms with van der Waals surface area (Å²) in [6, 6.07) is 16.4. The van der Waals surface area contributed by atoms with Gasteiger partial charge in [0.05, 0.1) is 26.1 Å². The second kappa shape index (κ2) is 11.0. The summed E-state index contributed by atoms with van der Waals surface area (Å²) in [5.41, 5.74) is 3.85. The Morgan fingerprint density at radius 3 is 2.61 bits per heavy atom. The summed E-state index contributed by atoms with van der Waals surface area (Å²) in [6.45, 7) is 0.502. The maximum Gasteiger partial charge on any atom is 0.329 e. The minimum Gasteiger partial charge on any atom is -0.493 e. The number of nitrogens with one attached hydrogen (secondary N) is 2. The Balaban J connectivity index is 1.52. The van der Waals surface area contributed by atoms with E-state index in [0.29, 0.717) is 29.4 Å². The lowest BCUT2D eigenvalue weighted by molar-refractivity contribution is -0.139. The van der Waals surface area contributed by atoms with Gasteiger partial charge in [0, 0.05) is 4.47 Å². The molecule has 31 heavy (non-hydrogen) atoms. The Morgan fingerprint density at radius 2 is 1.90 bits per heavy atom. The molecule has 0 bridgehead atoms. The van der Waals surface area contributed by atoms with Crippen molar-refractivity contribution in [1.29, 1.82) is 0 Å². The van der Waals surface area contributed by atoms with Crippen LogP contribution in [0.5, 0.6) is 11.5 Å². The Morgan fingerprint density at radius 1 is 1.10 bits per heavy atom. The number of benzene rings is 2. The fraction of sp³-hybridized carbons (Fsp3) is 0.136. The number of furan rings is 1. The summed E-state index contributed by atoms with van der Waals surface area (Å²) >= 11 is 3.40. The van der Waals surface area contributed by atoms with Crippen LogP contribution in [-0.2, 0) is 22.7 Å². The molecular formula is C22H20BrN3O5. The third-order valence-corrected chi connectivity index (χ3v) is 4.61. The third kappa shape index (κ3) is 6.71. The van der Waals surface area contributed by atoms with E-state index in [9.17, 15) is 9.59 Å². The Hall–Kier alpha value is -3.59. The van der Waals surface area contributed by atoms with Crippen LogP contribution < -0.4 is 20.2 Å². The van der Waals surface area contributed by atoms with Gasteiger partial charge in [-0.05, 0) is 53.6 Å². The average molecular weight is 486 g/mol. The van der Waals surface area contributed by atoms with E-state index in [0.717, 1.165) is 10.0 Å². The molecule has 8 nitrogen and oxygen atoms in total. The molecule has 9 heteroatoms. The van der Waals surface area contributed by atoms with Gasteiger partial charge in [0.2, 0.25) is 0 Å². The van der Waals surface area contributed by atoms with E-state index in [1.54, 1.807) is 30.3 Å². The number of amides is 2. The maximum atomic E-state index is 11.8. The number of halogens is 1. The third-order valence-electron chi connectivity index (χ3n) is 4.08. The second-order valence-electron chi connectivity index (χ2n) is 6.29. The van der Waals surface area contributed by atoms with E-state index in [2.05, 4.69) is 31.8 Å². The summed E-state index contributed by atoms with van der Waals surface area (Å²) in [6.07, 6.45) is 2.88. The number of nitrogens with zero attached hydrogens (tertiary/aromatic N) is 1. The number of hydrogen-bond acceptors (Lipinski definition) is 6. The minimum absolute atomic E-state index is 0.113. The Bertz CT molecular complexity index is 1050. The van der Waals surface area contributed by atoms with Crippen LogP contribution in [0.1, 0.15) is 16.9 Å². The van der Waals surface area contributed by atoms with Crippen molar-refractivity contribution in [2.45, 2.75) is 13.2 Å². The summed E-state index contributed by atoms with van der Waals surface area (Å²) in [5.74, 6) is -0.0706. The van der Waals surface area contributed by atoms with Crippen LogP contribution in [0.2, 0.25) is 0 Å². The van der Waals surface area contributed by atoms with Gasteiger partial charge in [0.15, 0.2) is 11.5 Å². The molecule has 2 aromatic carbocycles. The highest BCUT2D eigenvalue weighted by atomic mass is 79.9. The second-order valence-corrected chi connectivity index (χ2v) is 7.20. The molecule has 0 aliphatic carbocycles. The summed E-state index contributed by atoms with van der Waals surface area (Å²) in [7, 11) is 1.54. The standard InChI is InChI=1S/C22H20BrN3O5/c1-29-20-11-16(6-9-19(20)31-14-15-4-7-17(23)8-5-15)12-25-26-22(28)21(27)24-13-18-3-2-10-30-18/h2-12H,13-14H2,1H3,(H,24,27)(H,26,28)/b25-12-. The first kappa shape index (κ1) is 22.1. The van der Waals surface area contributed by atoms with E-state index in [-0.39, 0.29) is 6.54 Å². The molecule has 2 N–H and O–H groups in total. The van der Waals surface area contributed by atoms with Crippen molar-refractivity contribution in [3.8, 4) is 11.5 Å². The number of hydrogen-bond donors (Lipinski definition) is 2. The lowest BCUT2D eigenvalue weighted by Crippen LogP contribution is -2.37. The van der Waals surface area contributed by atoms with Crippen LogP contribution in [-0.4, -0.2) is 25.1 Å². The molecule has 0 atom stereocenters. The average Bonchev–Trinajstić information content (AvgIpc) is 3.31. The van der Waals surface area contributed by atoms with E-state index < -0.39 is 11.8 Å². The predicted molar refractivity (Wildman–Crippen MR) is 118 cm³/mol. The number of methoxy groups -OCH3 is 1. The molecule has 0 unspecified atom stereocenters. The zero-order valence-corrected chi connectivity index (χ0v) is 18.2. The molecular weight excluding hydrogens is 466 g/mol. The van der Waals surface area contributed by atoms with E-state index in [1.807, 2.05) is 24.3 Å². The number of carbonyl (C=O) groups excluding carboxylic acids is 2. The smallest absolute Gasteiger partial charge is 0.329 e. The molecule has 3 aromatic rings. The van der Waals surface area contributed by atoms with E-state index >= 15 is 0 Å². The minimum atomic E-state index is -0.885. The molecule has 0 saturated heterocycles. The lowest BCUT2D eigenvalue weighted by Gasteiger charge is -2.11. The molecule has 0 saturated carbocycles. The number of rotatable bonds is 8. The normalized spacial score (nSPS) is 10.6. The lowest BCUT2D eigenvalue weighted by atomic mass is 10.2. The molecule has 0 aliphatic rings.